The van der Waals surface area contributed by atoms with Gasteiger partial charge >= 0.3 is 5.97 Å². The molecule has 6 heteroatoms. The van der Waals surface area contributed by atoms with Gasteiger partial charge in [-0.3, -0.25) is 10.1 Å². The molecule has 0 unspecified atom stereocenters. The van der Waals surface area contributed by atoms with Gasteiger partial charge in [-0.25, -0.2) is 4.98 Å². The molecule has 0 radical (unpaired) electrons. The molecule has 0 bridgehead atoms. The van der Waals surface area contributed by atoms with Gasteiger partial charge < -0.3 is 5.11 Å². The molecule has 2 N–H and O–H groups in total. The van der Waals surface area contributed by atoms with Crippen molar-refractivity contribution in [3.63, 3.8) is 0 Å². The van der Waals surface area contributed by atoms with Crippen LogP contribution in [0.5, 0.6) is 0 Å². The van der Waals surface area contributed by atoms with E-state index < -0.39 is 11.5 Å². The molecule has 0 amide bonds. The van der Waals surface area contributed by atoms with Gasteiger partial charge in [-0.2, -0.15) is 0 Å². The number of hydrogen-bond donors (Lipinski definition) is 2. The first kappa shape index (κ1) is 15.5. The summed E-state index contributed by atoms with van der Waals surface area (Å²) < 4.78 is 0. The molecule has 0 saturated heterocycles. The van der Waals surface area contributed by atoms with Gasteiger partial charge in [-0.15, -0.1) is 0 Å². The van der Waals surface area contributed by atoms with Gasteiger partial charge in [0, 0.05) is 23.5 Å². The Labute approximate surface area is 138 Å². The van der Waals surface area contributed by atoms with Crippen LogP contribution in [-0.2, 0) is 11.3 Å². The van der Waals surface area contributed by atoms with E-state index in [-0.39, 0.29) is 0 Å². The van der Waals surface area contributed by atoms with Gasteiger partial charge in [-0.1, -0.05) is 48.2 Å². The summed E-state index contributed by atoms with van der Waals surface area (Å²) in [6, 6.07) is 5.74. The lowest BCUT2D eigenvalue weighted by molar-refractivity contribution is -0.144. The monoisotopic (exact) mass is 338 g/mol. The van der Waals surface area contributed by atoms with E-state index in [1.54, 1.807) is 0 Å². The lowest BCUT2D eigenvalue weighted by Gasteiger charge is -2.25. The molecule has 22 heavy (non-hydrogen) atoms. The predicted molar refractivity (Wildman–Crippen MR) is 87.4 cm³/mol. The molecular weight excluding hydrogens is 323 g/mol. The second-order valence-corrected chi connectivity index (χ2v) is 6.49. The lowest BCUT2D eigenvalue weighted by Crippen LogP contribution is -2.49. The molecule has 4 nitrogen and oxygen atoms in total. The van der Waals surface area contributed by atoms with Crippen LogP contribution in [0.15, 0.2) is 24.4 Å². The second kappa shape index (κ2) is 6.03. The van der Waals surface area contributed by atoms with E-state index in [0.29, 0.717) is 29.6 Å². The van der Waals surface area contributed by atoms with Gasteiger partial charge in [0.05, 0.1) is 5.02 Å². The maximum atomic E-state index is 11.5. The fourth-order valence-corrected chi connectivity index (χ4v) is 3.47. The van der Waals surface area contributed by atoms with Crippen molar-refractivity contribution in [2.75, 3.05) is 0 Å². The van der Waals surface area contributed by atoms with Gasteiger partial charge in [0.2, 0.25) is 0 Å². The minimum atomic E-state index is -0.800. The first-order valence-electron chi connectivity index (χ1n) is 7.23. The van der Waals surface area contributed by atoms with E-state index in [1.807, 2.05) is 18.2 Å². The Morgan fingerprint density at radius 1 is 1.27 bits per heavy atom. The number of benzene rings is 1. The van der Waals surface area contributed by atoms with Crippen LogP contribution in [0.1, 0.15) is 31.2 Å². The largest absolute Gasteiger partial charge is 0.480 e. The highest BCUT2D eigenvalue weighted by Gasteiger charge is 2.40. The summed E-state index contributed by atoms with van der Waals surface area (Å²) in [5, 5.41) is 15.3. The third-order valence-electron chi connectivity index (χ3n) is 4.35. The van der Waals surface area contributed by atoms with Crippen LogP contribution in [-0.4, -0.2) is 21.6 Å². The average Bonchev–Trinajstić information content (AvgIpc) is 2.99. The van der Waals surface area contributed by atoms with E-state index in [0.717, 1.165) is 29.2 Å². The summed E-state index contributed by atoms with van der Waals surface area (Å²) in [6.07, 6.45) is 4.76. The number of aliphatic carboxylic acids is 1. The molecule has 1 saturated carbocycles. The Hall–Kier alpha value is -1.36. The highest BCUT2D eigenvalue weighted by Crippen LogP contribution is 2.31. The highest BCUT2D eigenvalue weighted by molar-refractivity contribution is 6.39. The molecule has 1 fully saturated rings. The summed E-state index contributed by atoms with van der Waals surface area (Å²) in [7, 11) is 0. The number of hydrogen-bond acceptors (Lipinski definition) is 3. The first-order valence-corrected chi connectivity index (χ1v) is 7.98. The molecule has 1 aliphatic rings. The van der Waals surface area contributed by atoms with Gasteiger partial charge in [0.15, 0.2) is 0 Å². The van der Waals surface area contributed by atoms with Crippen LogP contribution in [0, 0.1) is 0 Å². The summed E-state index contributed by atoms with van der Waals surface area (Å²) in [6.45, 7) is 0.477. The summed E-state index contributed by atoms with van der Waals surface area (Å²) >= 11 is 12.2. The number of nitrogens with zero attached hydrogens (tertiary/aromatic N) is 1. The summed E-state index contributed by atoms with van der Waals surface area (Å²) in [5.41, 5.74) is 0.164. The number of nitrogens with one attached hydrogen (secondary N) is 1. The van der Waals surface area contributed by atoms with E-state index in [4.69, 9.17) is 23.2 Å². The average molecular weight is 339 g/mol. The molecule has 1 aromatic heterocycles. The number of carboxylic acid groups (broad SMARTS) is 1. The standard InChI is InChI=1S/C16H16Cl2N2O2/c17-13-9-19-14(18)12-7-10(3-4-11(12)13)8-20-16(15(21)22)5-1-2-6-16/h3-4,7,9,20H,1-2,5-6,8H2,(H,21,22). The number of pyridine rings is 1. The zero-order valence-electron chi connectivity index (χ0n) is 11.9. The van der Waals surface area contributed by atoms with Crippen molar-refractivity contribution in [2.45, 2.75) is 37.8 Å². The minimum absolute atomic E-state index is 0.398. The molecule has 0 spiro atoms. The number of carboxylic acids is 1. The number of carbonyl (C=O) groups is 1. The zero-order chi connectivity index (χ0) is 15.7. The topological polar surface area (TPSA) is 62.2 Å². The number of aromatic nitrogens is 1. The van der Waals surface area contributed by atoms with Crippen molar-refractivity contribution in [3.05, 3.63) is 40.1 Å². The normalized spacial score (nSPS) is 17.0. The quantitative estimate of drug-likeness (QED) is 0.826. The molecule has 2 aromatic rings. The number of halogens is 2. The Morgan fingerprint density at radius 2 is 2.00 bits per heavy atom. The maximum Gasteiger partial charge on any atom is 0.323 e. The van der Waals surface area contributed by atoms with Crippen LogP contribution in [0.4, 0.5) is 0 Å². The van der Waals surface area contributed by atoms with Crippen molar-refractivity contribution in [2.24, 2.45) is 0 Å². The Morgan fingerprint density at radius 3 is 2.68 bits per heavy atom. The molecule has 1 aromatic carbocycles. The Bertz CT molecular complexity index is 727. The number of fused-ring (bicyclic) bond motifs is 1. The van der Waals surface area contributed by atoms with Crippen molar-refractivity contribution < 1.29 is 9.90 Å². The Balaban J connectivity index is 1.85. The van der Waals surface area contributed by atoms with Gasteiger partial charge in [0.25, 0.3) is 0 Å². The fraction of sp³-hybridized carbons (Fsp3) is 0.375. The second-order valence-electron chi connectivity index (χ2n) is 5.72. The molecule has 116 valence electrons. The Kier molecular flexibility index (Phi) is 4.26. The van der Waals surface area contributed by atoms with E-state index >= 15 is 0 Å². The van der Waals surface area contributed by atoms with E-state index in [1.165, 1.54) is 6.20 Å². The smallest absolute Gasteiger partial charge is 0.323 e. The lowest BCUT2D eigenvalue weighted by atomic mass is 9.97. The predicted octanol–water partition coefficient (Wildman–Crippen LogP) is 4.03. The SMILES string of the molecule is O=C(O)C1(NCc2ccc3c(Cl)cnc(Cl)c3c2)CCCC1. The van der Waals surface area contributed by atoms with Crippen LogP contribution >= 0.6 is 23.2 Å². The first-order chi connectivity index (χ1) is 10.5. The van der Waals surface area contributed by atoms with Gasteiger partial charge in [0.1, 0.15) is 10.7 Å². The van der Waals surface area contributed by atoms with Crippen LogP contribution < -0.4 is 5.32 Å². The molecule has 0 aliphatic heterocycles. The zero-order valence-corrected chi connectivity index (χ0v) is 13.4. The molecule has 1 aliphatic carbocycles. The third kappa shape index (κ3) is 2.78. The molecule has 3 rings (SSSR count). The maximum absolute atomic E-state index is 11.5. The van der Waals surface area contributed by atoms with Crippen molar-refractivity contribution in [3.8, 4) is 0 Å². The molecule has 0 atom stereocenters. The van der Waals surface area contributed by atoms with Crippen molar-refractivity contribution in [1.29, 1.82) is 0 Å². The van der Waals surface area contributed by atoms with Crippen molar-refractivity contribution in [1.82, 2.24) is 10.3 Å². The number of rotatable bonds is 4. The summed E-state index contributed by atoms with van der Waals surface area (Å²) in [4.78, 5) is 15.6. The van der Waals surface area contributed by atoms with Gasteiger partial charge in [-0.05, 0) is 24.5 Å². The molecule has 1 heterocycles. The highest BCUT2D eigenvalue weighted by atomic mass is 35.5. The van der Waals surface area contributed by atoms with Crippen LogP contribution in [0.2, 0.25) is 10.2 Å². The van der Waals surface area contributed by atoms with Crippen molar-refractivity contribution >= 4 is 39.9 Å². The van der Waals surface area contributed by atoms with E-state index in [9.17, 15) is 9.90 Å². The summed E-state index contributed by atoms with van der Waals surface area (Å²) in [5.74, 6) is -0.770. The van der Waals surface area contributed by atoms with Crippen LogP contribution in [0.25, 0.3) is 10.8 Å². The van der Waals surface area contributed by atoms with E-state index in [2.05, 4.69) is 10.3 Å². The fourth-order valence-electron chi connectivity index (χ4n) is 3.05. The molecular formula is C16H16Cl2N2O2. The van der Waals surface area contributed by atoms with Crippen LogP contribution in [0.3, 0.4) is 0 Å². The minimum Gasteiger partial charge on any atom is -0.480 e. The third-order valence-corrected chi connectivity index (χ3v) is 4.95.